The number of amides is 1. The fourth-order valence-electron chi connectivity index (χ4n) is 2.27. The van der Waals surface area contributed by atoms with Crippen LogP contribution in [0, 0.1) is 17.2 Å². The fourth-order valence-corrected chi connectivity index (χ4v) is 3.70. The number of aliphatic carboxylic acids is 1. The molecule has 10 heteroatoms. The topological polar surface area (TPSA) is 151 Å². The van der Waals surface area contributed by atoms with Crippen LogP contribution in [-0.2, 0) is 23.9 Å². The first-order valence-electron chi connectivity index (χ1n) is 6.49. The number of nitrogens with two attached hydrogens (primary N) is 1. The van der Waals surface area contributed by atoms with Crippen LogP contribution >= 0.6 is 11.8 Å². The third-order valence-corrected chi connectivity index (χ3v) is 5.06. The lowest BCUT2D eigenvalue weighted by molar-refractivity contribution is -0.152. The molecule has 2 heterocycles. The van der Waals surface area contributed by atoms with Gasteiger partial charge in [0.2, 0.25) is 5.91 Å². The number of carbonyl (C=O) groups is 4. The summed E-state index contributed by atoms with van der Waals surface area (Å²) in [6.45, 7) is 0.780. The van der Waals surface area contributed by atoms with Gasteiger partial charge in [-0.2, -0.15) is 5.26 Å². The molecule has 122 valence electrons. The van der Waals surface area contributed by atoms with Gasteiger partial charge < -0.3 is 20.5 Å². The van der Waals surface area contributed by atoms with Gasteiger partial charge in [-0.05, 0) is 0 Å². The lowest BCUT2D eigenvalue weighted by Crippen LogP contribution is -2.66. The molecule has 2 aliphatic heterocycles. The Kier molecular flexibility index (Phi) is 4.44. The third-order valence-electron chi connectivity index (χ3n) is 3.51. The molecule has 0 spiro atoms. The number of thioether (sulfide) groups is 1. The van der Waals surface area contributed by atoms with Crippen molar-refractivity contribution < 1.29 is 29.0 Å². The monoisotopic (exact) mass is 339 g/mol. The van der Waals surface area contributed by atoms with Crippen molar-refractivity contribution in [2.45, 2.75) is 23.6 Å². The molecule has 3 atom stereocenters. The molecule has 0 aromatic carbocycles. The summed E-state index contributed by atoms with van der Waals surface area (Å²) in [6.07, 6.45) is 0.771. The number of carbonyl (C=O) groups excluding carboxylic acids is 3. The van der Waals surface area contributed by atoms with Crippen LogP contribution in [0.4, 0.5) is 0 Å². The van der Waals surface area contributed by atoms with Crippen LogP contribution in [0.2, 0.25) is 0 Å². The van der Waals surface area contributed by atoms with Crippen LogP contribution < -0.4 is 5.73 Å². The fraction of sp³-hybridized carbons (Fsp3) is 0.462. The second-order valence-corrected chi connectivity index (χ2v) is 6.37. The predicted octanol–water partition coefficient (Wildman–Crippen LogP) is -0.813. The highest BCUT2D eigenvalue weighted by Gasteiger charge is 2.59. The number of ether oxygens (including phenoxy) is 1. The number of fused-ring (bicyclic) bond motifs is 1. The second kappa shape index (κ2) is 6.02. The Balaban J connectivity index is 2.30. The van der Waals surface area contributed by atoms with E-state index < -0.39 is 46.2 Å². The number of carboxylic acid groups (broad SMARTS) is 1. The molecule has 23 heavy (non-hydrogen) atoms. The molecular weight excluding hydrogens is 326 g/mol. The second-order valence-electron chi connectivity index (χ2n) is 5.01. The molecule has 0 aromatic heterocycles. The molecule has 0 aromatic rings. The molecule has 3 N–H and O–H groups in total. The molecule has 9 nitrogen and oxygen atoms in total. The minimum absolute atomic E-state index is 0.0287. The smallest absolute Gasteiger partial charge is 0.338 e. The van der Waals surface area contributed by atoms with Gasteiger partial charge in [-0.1, -0.05) is 11.8 Å². The van der Waals surface area contributed by atoms with Gasteiger partial charge in [0.1, 0.15) is 17.9 Å². The summed E-state index contributed by atoms with van der Waals surface area (Å²) < 4.78 is 4.77. The van der Waals surface area contributed by atoms with E-state index in [2.05, 4.69) is 0 Å². The number of hydrogen-bond donors (Lipinski definition) is 2. The third kappa shape index (κ3) is 2.80. The van der Waals surface area contributed by atoms with Crippen LogP contribution in [0.25, 0.3) is 0 Å². The van der Waals surface area contributed by atoms with E-state index in [-0.39, 0.29) is 12.2 Å². The van der Waals surface area contributed by atoms with Crippen molar-refractivity contribution in [1.82, 2.24) is 4.90 Å². The van der Waals surface area contributed by atoms with E-state index in [1.54, 1.807) is 6.07 Å². The average molecular weight is 339 g/mol. The molecular formula is C13H13N3O6S. The van der Waals surface area contributed by atoms with Crippen molar-refractivity contribution in [2.24, 2.45) is 11.7 Å². The largest absolute Gasteiger partial charge is 0.479 e. The Morgan fingerprint density at radius 1 is 1.57 bits per heavy atom. The van der Waals surface area contributed by atoms with Gasteiger partial charge in [-0.15, -0.1) is 0 Å². The maximum atomic E-state index is 12.0. The molecule has 2 aliphatic rings. The maximum absolute atomic E-state index is 12.0. The van der Waals surface area contributed by atoms with Crippen LogP contribution in [0.5, 0.6) is 0 Å². The number of rotatable bonds is 5. The van der Waals surface area contributed by atoms with E-state index in [0.717, 1.165) is 6.92 Å². The highest BCUT2D eigenvalue weighted by Crippen LogP contribution is 2.47. The van der Waals surface area contributed by atoms with Crippen molar-refractivity contribution >= 4 is 35.4 Å². The quantitative estimate of drug-likeness (QED) is 0.372. The number of β-lactam (4-membered cyclic amide) rings is 1. The summed E-state index contributed by atoms with van der Waals surface area (Å²) in [7, 11) is 0. The highest BCUT2D eigenvalue weighted by atomic mass is 32.2. The van der Waals surface area contributed by atoms with E-state index in [0.29, 0.717) is 11.8 Å². The molecule has 1 fully saturated rings. The summed E-state index contributed by atoms with van der Waals surface area (Å²) in [6, 6.07) is 1.67. The maximum Gasteiger partial charge on any atom is 0.338 e. The van der Waals surface area contributed by atoms with Gasteiger partial charge >= 0.3 is 11.9 Å². The summed E-state index contributed by atoms with van der Waals surface area (Å²) in [5, 5.41) is 17.2. The average Bonchev–Trinajstić information content (AvgIpc) is 2.45. The Labute approximate surface area is 135 Å². The normalized spacial score (nSPS) is 28.8. The van der Waals surface area contributed by atoms with E-state index in [1.807, 2.05) is 0 Å². The molecule has 0 bridgehead atoms. The first-order valence-corrected chi connectivity index (χ1v) is 7.36. The number of esters is 1. The number of hydrogen-bond acceptors (Lipinski definition) is 8. The SMILES string of the molecule is CC(=O)OCC1=CN2C(=O)C(C(=O)CC#N)[C@H]2SC1(N)C(=O)O. The summed E-state index contributed by atoms with van der Waals surface area (Å²) in [5.74, 6) is -4.20. The predicted molar refractivity (Wildman–Crippen MR) is 76.2 cm³/mol. The van der Waals surface area contributed by atoms with Crippen LogP contribution in [0.15, 0.2) is 11.8 Å². The van der Waals surface area contributed by atoms with Crippen molar-refractivity contribution in [1.29, 1.82) is 5.26 Å². The van der Waals surface area contributed by atoms with Crippen LogP contribution in [-0.4, -0.2) is 50.5 Å². The molecule has 1 saturated heterocycles. The van der Waals surface area contributed by atoms with Crippen molar-refractivity contribution in [3.63, 3.8) is 0 Å². The number of carboxylic acids is 1. The lowest BCUT2D eigenvalue weighted by atomic mass is 9.91. The zero-order chi connectivity index (χ0) is 17.4. The number of ketones is 1. The summed E-state index contributed by atoms with van der Waals surface area (Å²) in [5.41, 5.74) is 5.92. The van der Waals surface area contributed by atoms with E-state index in [1.165, 1.54) is 11.1 Å². The molecule has 0 radical (unpaired) electrons. The minimum atomic E-state index is -1.93. The number of nitrogens with zero attached hydrogens (tertiary/aromatic N) is 2. The van der Waals surface area contributed by atoms with Crippen molar-refractivity contribution in [2.75, 3.05) is 6.61 Å². The first-order chi connectivity index (χ1) is 10.7. The summed E-state index contributed by atoms with van der Waals surface area (Å²) in [4.78, 5) is 45.5. The van der Waals surface area contributed by atoms with Crippen LogP contribution in [0.3, 0.4) is 0 Å². The zero-order valence-electron chi connectivity index (χ0n) is 12.0. The Morgan fingerprint density at radius 2 is 2.22 bits per heavy atom. The highest BCUT2D eigenvalue weighted by molar-refractivity contribution is 8.02. The van der Waals surface area contributed by atoms with Crippen LogP contribution in [0.1, 0.15) is 13.3 Å². The van der Waals surface area contributed by atoms with E-state index in [9.17, 15) is 24.3 Å². The molecule has 0 saturated carbocycles. The first kappa shape index (κ1) is 17.0. The van der Waals surface area contributed by atoms with Crippen molar-refractivity contribution in [3.05, 3.63) is 11.8 Å². The van der Waals surface area contributed by atoms with Gasteiger partial charge in [-0.25, -0.2) is 4.79 Å². The Morgan fingerprint density at radius 3 is 2.74 bits per heavy atom. The van der Waals surface area contributed by atoms with Gasteiger partial charge in [0.25, 0.3) is 0 Å². The molecule has 1 amide bonds. The Bertz CT molecular complexity index is 669. The van der Waals surface area contributed by atoms with Gasteiger partial charge in [0.15, 0.2) is 10.7 Å². The van der Waals surface area contributed by atoms with Crippen molar-refractivity contribution in [3.8, 4) is 6.07 Å². The molecule has 2 unspecified atom stereocenters. The summed E-state index contributed by atoms with van der Waals surface area (Å²) >= 11 is 0.711. The molecule has 0 aliphatic carbocycles. The minimum Gasteiger partial charge on any atom is -0.479 e. The van der Waals surface area contributed by atoms with Gasteiger partial charge in [0.05, 0.1) is 12.5 Å². The van der Waals surface area contributed by atoms with Gasteiger partial charge in [-0.3, -0.25) is 14.4 Å². The number of nitriles is 1. The van der Waals surface area contributed by atoms with E-state index in [4.69, 9.17) is 15.7 Å². The lowest BCUT2D eigenvalue weighted by Gasteiger charge is -2.50. The van der Waals surface area contributed by atoms with E-state index >= 15 is 0 Å². The number of Topliss-reactive ketones (excluding diaryl/α,β-unsaturated/α-hetero) is 1. The zero-order valence-corrected chi connectivity index (χ0v) is 12.8. The molecule has 2 rings (SSSR count). The van der Waals surface area contributed by atoms with Gasteiger partial charge in [0, 0.05) is 18.7 Å². The Hall–Kier alpha value is -2.38. The standard InChI is InChI=1S/C13H13N3O6S/c1-6(17)22-5-7-4-16-10(19)9(8(18)2-3-14)11(16)23-13(7,15)12(20)21/h4,9,11H,2,5,15H2,1H3,(H,20,21)/t9?,11-,13?/m1/s1.